The molecule has 6 nitrogen and oxygen atoms in total. The van der Waals surface area contributed by atoms with Gasteiger partial charge in [-0.25, -0.2) is 0 Å². The van der Waals surface area contributed by atoms with Gasteiger partial charge in [0.25, 0.3) is 0 Å². The van der Waals surface area contributed by atoms with E-state index in [1.54, 1.807) is 0 Å². The molecule has 0 atom stereocenters. The summed E-state index contributed by atoms with van der Waals surface area (Å²) in [4.78, 5) is 2.00. The van der Waals surface area contributed by atoms with E-state index < -0.39 is 0 Å². The average Bonchev–Trinajstić information content (AvgIpc) is 2.74. The monoisotopic (exact) mass is 228 g/mol. The van der Waals surface area contributed by atoms with Gasteiger partial charge in [-0.2, -0.15) is 0 Å². The van der Waals surface area contributed by atoms with Crippen molar-refractivity contribution in [3.8, 4) is 0 Å². The Morgan fingerprint density at radius 2 is 2.19 bits per heavy atom. The number of anilines is 1. The van der Waals surface area contributed by atoms with E-state index in [4.69, 9.17) is 9.15 Å². The largest absolute Gasteiger partial charge is 0.407 e. The van der Waals surface area contributed by atoms with E-state index in [1.165, 1.54) is 0 Å². The van der Waals surface area contributed by atoms with E-state index in [0.717, 1.165) is 19.7 Å². The Kier molecular flexibility index (Phi) is 5.81. The molecule has 0 saturated heterocycles. The van der Waals surface area contributed by atoms with Gasteiger partial charge in [0.1, 0.15) is 0 Å². The number of nitrogens with zero attached hydrogens (tertiary/aromatic N) is 3. The van der Waals surface area contributed by atoms with Crippen LogP contribution in [-0.2, 0) is 11.3 Å². The van der Waals surface area contributed by atoms with Crippen LogP contribution in [0.1, 0.15) is 19.7 Å². The zero-order chi connectivity index (χ0) is 11.8. The lowest BCUT2D eigenvalue weighted by Crippen LogP contribution is -2.27. The first-order valence-corrected chi connectivity index (χ1v) is 5.61. The molecule has 0 aromatic carbocycles. The fraction of sp³-hybridized carbons (Fsp3) is 0.800. The molecule has 1 heterocycles. The Balaban J connectivity index is 2.49. The highest BCUT2D eigenvalue weighted by atomic mass is 16.5. The molecule has 16 heavy (non-hydrogen) atoms. The molecule has 0 aliphatic rings. The molecule has 0 saturated carbocycles. The summed E-state index contributed by atoms with van der Waals surface area (Å²) < 4.78 is 10.8. The Morgan fingerprint density at radius 1 is 1.38 bits per heavy atom. The van der Waals surface area contributed by atoms with Gasteiger partial charge in [0.2, 0.25) is 5.89 Å². The van der Waals surface area contributed by atoms with Crippen LogP contribution < -0.4 is 10.2 Å². The van der Waals surface area contributed by atoms with Crippen molar-refractivity contribution in [2.45, 2.75) is 20.4 Å². The molecule has 0 aliphatic carbocycles. The fourth-order valence-electron chi connectivity index (χ4n) is 1.30. The lowest BCUT2D eigenvalue weighted by atomic mass is 10.5. The summed E-state index contributed by atoms with van der Waals surface area (Å²) in [6.07, 6.45) is 0. The molecule has 0 radical (unpaired) electrons. The van der Waals surface area contributed by atoms with E-state index in [-0.39, 0.29) is 0 Å². The first-order valence-electron chi connectivity index (χ1n) is 5.61. The van der Waals surface area contributed by atoms with Gasteiger partial charge >= 0.3 is 6.01 Å². The van der Waals surface area contributed by atoms with E-state index >= 15 is 0 Å². The molecule has 1 N–H and O–H groups in total. The van der Waals surface area contributed by atoms with Gasteiger partial charge in [0.15, 0.2) is 0 Å². The number of rotatable bonds is 8. The first-order chi connectivity index (χ1) is 7.81. The maximum absolute atomic E-state index is 5.49. The van der Waals surface area contributed by atoms with Crippen LogP contribution in [0.25, 0.3) is 0 Å². The highest BCUT2D eigenvalue weighted by Gasteiger charge is 2.11. The minimum atomic E-state index is 0.562. The van der Waals surface area contributed by atoms with Gasteiger partial charge in [-0.3, -0.25) is 0 Å². The van der Waals surface area contributed by atoms with Crippen molar-refractivity contribution in [2.75, 3.05) is 38.3 Å². The molecule has 0 aliphatic heterocycles. The summed E-state index contributed by atoms with van der Waals surface area (Å²) in [6, 6.07) is 0.562. The van der Waals surface area contributed by atoms with Crippen LogP contribution in [0.3, 0.4) is 0 Å². The standard InChI is InChI=1S/C10H20N4O2/c1-4-14(6-7-15-5-2)10-13-12-9(16-10)8-11-3/h11H,4-8H2,1-3H3. The van der Waals surface area contributed by atoms with Crippen LogP contribution in [0, 0.1) is 0 Å². The van der Waals surface area contributed by atoms with E-state index in [1.807, 2.05) is 25.8 Å². The lowest BCUT2D eigenvalue weighted by molar-refractivity contribution is 0.153. The molecule has 92 valence electrons. The molecular weight excluding hydrogens is 208 g/mol. The van der Waals surface area contributed by atoms with Crippen molar-refractivity contribution in [3.05, 3.63) is 5.89 Å². The van der Waals surface area contributed by atoms with Gasteiger partial charge in [0.05, 0.1) is 13.2 Å². The number of aromatic nitrogens is 2. The number of ether oxygens (including phenoxy) is 1. The van der Waals surface area contributed by atoms with Crippen LogP contribution in [-0.4, -0.2) is 43.5 Å². The summed E-state index contributed by atoms with van der Waals surface area (Å²) in [5.41, 5.74) is 0. The molecular formula is C10H20N4O2. The van der Waals surface area contributed by atoms with E-state index in [9.17, 15) is 0 Å². The number of hydrogen-bond donors (Lipinski definition) is 1. The Bertz CT molecular complexity index is 290. The molecule has 6 heteroatoms. The van der Waals surface area contributed by atoms with Gasteiger partial charge in [-0.1, -0.05) is 5.10 Å². The molecule has 1 rings (SSSR count). The smallest absolute Gasteiger partial charge is 0.318 e. The molecule has 0 amide bonds. The van der Waals surface area contributed by atoms with Crippen molar-refractivity contribution in [2.24, 2.45) is 0 Å². The quantitative estimate of drug-likeness (QED) is 0.659. The SMILES string of the molecule is CCOCCN(CC)c1nnc(CNC)o1. The third kappa shape index (κ3) is 3.79. The predicted molar refractivity (Wildman–Crippen MR) is 61.4 cm³/mol. The summed E-state index contributed by atoms with van der Waals surface area (Å²) in [6.45, 7) is 7.62. The minimum Gasteiger partial charge on any atom is -0.407 e. The zero-order valence-corrected chi connectivity index (χ0v) is 10.2. The minimum absolute atomic E-state index is 0.562. The third-order valence-electron chi connectivity index (χ3n) is 2.15. The number of likely N-dealkylation sites (N-methyl/N-ethyl adjacent to an activating group) is 1. The van der Waals surface area contributed by atoms with Crippen molar-refractivity contribution >= 4 is 6.01 Å². The lowest BCUT2D eigenvalue weighted by Gasteiger charge is -2.17. The summed E-state index contributed by atoms with van der Waals surface area (Å²) in [5, 5.41) is 10.9. The summed E-state index contributed by atoms with van der Waals surface area (Å²) >= 11 is 0. The second kappa shape index (κ2) is 7.19. The van der Waals surface area contributed by atoms with Crippen molar-refractivity contribution in [1.82, 2.24) is 15.5 Å². The Hall–Kier alpha value is -1.14. The normalized spacial score (nSPS) is 10.7. The zero-order valence-electron chi connectivity index (χ0n) is 10.2. The van der Waals surface area contributed by atoms with Gasteiger partial charge < -0.3 is 19.4 Å². The number of nitrogens with one attached hydrogen (secondary N) is 1. The Morgan fingerprint density at radius 3 is 2.81 bits per heavy atom. The van der Waals surface area contributed by atoms with Crippen LogP contribution in [0.5, 0.6) is 0 Å². The van der Waals surface area contributed by atoms with Gasteiger partial charge in [-0.15, -0.1) is 5.10 Å². The second-order valence-electron chi connectivity index (χ2n) is 3.29. The molecule has 0 unspecified atom stereocenters. The molecule has 1 aromatic heterocycles. The molecule has 1 aromatic rings. The van der Waals surface area contributed by atoms with Crippen LogP contribution in [0.2, 0.25) is 0 Å². The van der Waals surface area contributed by atoms with Gasteiger partial charge in [-0.05, 0) is 20.9 Å². The fourth-order valence-corrected chi connectivity index (χ4v) is 1.30. The highest BCUT2D eigenvalue weighted by molar-refractivity contribution is 5.23. The van der Waals surface area contributed by atoms with Crippen molar-refractivity contribution in [3.63, 3.8) is 0 Å². The third-order valence-corrected chi connectivity index (χ3v) is 2.15. The maximum Gasteiger partial charge on any atom is 0.318 e. The topological polar surface area (TPSA) is 63.4 Å². The molecule has 0 fully saturated rings. The van der Waals surface area contributed by atoms with E-state index in [2.05, 4.69) is 15.5 Å². The maximum atomic E-state index is 5.49. The molecule has 0 bridgehead atoms. The highest BCUT2D eigenvalue weighted by Crippen LogP contribution is 2.11. The average molecular weight is 228 g/mol. The summed E-state index contributed by atoms with van der Waals surface area (Å²) in [7, 11) is 1.84. The van der Waals surface area contributed by atoms with E-state index in [0.29, 0.717) is 25.1 Å². The second-order valence-corrected chi connectivity index (χ2v) is 3.29. The first kappa shape index (κ1) is 12.9. The van der Waals surface area contributed by atoms with Crippen LogP contribution in [0.15, 0.2) is 4.42 Å². The Labute approximate surface area is 96.0 Å². The predicted octanol–water partition coefficient (Wildman–Crippen LogP) is 0.652. The number of hydrogen-bond acceptors (Lipinski definition) is 6. The summed E-state index contributed by atoms with van der Waals surface area (Å²) in [5.74, 6) is 0.604. The van der Waals surface area contributed by atoms with Crippen LogP contribution >= 0.6 is 0 Å². The van der Waals surface area contributed by atoms with Crippen molar-refractivity contribution in [1.29, 1.82) is 0 Å². The van der Waals surface area contributed by atoms with Crippen molar-refractivity contribution < 1.29 is 9.15 Å². The van der Waals surface area contributed by atoms with Crippen LogP contribution in [0.4, 0.5) is 6.01 Å². The van der Waals surface area contributed by atoms with Gasteiger partial charge in [0, 0.05) is 19.7 Å². The molecule has 0 spiro atoms.